The van der Waals surface area contributed by atoms with Crippen molar-refractivity contribution in [3.05, 3.63) is 0 Å². The van der Waals surface area contributed by atoms with E-state index in [0.29, 0.717) is 20.6 Å². The van der Waals surface area contributed by atoms with Gasteiger partial charge in [-0.25, -0.2) is 0 Å². The summed E-state index contributed by atoms with van der Waals surface area (Å²) in [5.74, 6) is 1.74. The van der Waals surface area contributed by atoms with E-state index < -0.39 is 0 Å². The minimum absolute atomic E-state index is 0.00359. The molecule has 0 aromatic heterocycles. The summed E-state index contributed by atoms with van der Waals surface area (Å²) in [5.41, 5.74) is 0. The molecule has 2 unspecified atom stereocenters. The van der Waals surface area contributed by atoms with Crippen molar-refractivity contribution in [3.8, 4) is 0 Å². The molecule has 164 valence electrons. The molecule has 0 spiro atoms. The van der Waals surface area contributed by atoms with E-state index in [-0.39, 0.29) is 15.8 Å². The molecule has 0 heterocycles. The smallest absolute Gasteiger partial charge is 0.0175 e. The third-order valence-electron chi connectivity index (χ3n) is 5.86. The molecule has 0 aliphatic carbocycles. The Morgan fingerprint density at radius 2 is 0.926 bits per heavy atom. The molecule has 0 rings (SSSR count). The average Bonchev–Trinajstić information content (AvgIpc) is 2.39. The van der Waals surface area contributed by atoms with E-state index in [1.807, 2.05) is 0 Å². The van der Waals surface area contributed by atoms with Gasteiger partial charge >= 0.3 is 0 Å². The van der Waals surface area contributed by atoms with Crippen LogP contribution in [0.15, 0.2) is 0 Å². The largest absolute Gasteiger partial charge is 0.0954 e. The Balaban J connectivity index is 5.60. The third kappa shape index (κ3) is 9.94. The fourth-order valence-corrected chi connectivity index (χ4v) is 12.9. The molecule has 0 aliphatic heterocycles. The topological polar surface area (TPSA) is 0 Å². The summed E-state index contributed by atoms with van der Waals surface area (Å²) in [6, 6.07) is 0. The van der Waals surface area contributed by atoms with Gasteiger partial charge in [-0.3, -0.25) is 0 Å². The van der Waals surface area contributed by atoms with Crippen molar-refractivity contribution < 1.29 is 0 Å². The summed E-state index contributed by atoms with van der Waals surface area (Å²) in [6.07, 6.45) is 7.06. The Labute approximate surface area is 176 Å². The van der Waals surface area contributed by atoms with Crippen LogP contribution in [-0.2, 0) is 0 Å². The molecule has 27 heavy (non-hydrogen) atoms. The van der Waals surface area contributed by atoms with Crippen molar-refractivity contribution in [2.75, 3.05) is 12.3 Å². The number of hydrogen-bond acceptors (Lipinski definition) is 0. The molecule has 0 nitrogen and oxygen atoms in total. The molecule has 0 N–H and O–H groups in total. The van der Waals surface area contributed by atoms with Gasteiger partial charge in [0.1, 0.15) is 0 Å². The minimum Gasteiger partial charge on any atom is -0.0954 e. The molecule has 2 atom stereocenters. The van der Waals surface area contributed by atoms with Crippen molar-refractivity contribution in [1.29, 1.82) is 0 Å². The number of unbranched alkanes of at least 4 members (excludes halogenated alkanes) is 1. The van der Waals surface area contributed by atoms with Gasteiger partial charge in [-0.2, -0.15) is 0 Å². The Hall–Kier alpha value is 0.860. The van der Waals surface area contributed by atoms with Gasteiger partial charge in [-0.1, -0.05) is 126 Å². The zero-order valence-corrected chi connectivity index (χ0v) is 23.4. The fraction of sp³-hybridized carbons (Fsp3) is 1.00. The van der Waals surface area contributed by atoms with E-state index in [9.17, 15) is 0 Å². The fourth-order valence-electron chi connectivity index (χ4n) is 4.80. The monoisotopic (exact) mass is 416 g/mol. The SMILES string of the molecule is CCCCC(CP(C(C)(C)C)C(C)(C)C)C(C)CP(C(C)(C)C)C(C)(C)C. The second-order valence-electron chi connectivity index (χ2n) is 12.8. The van der Waals surface area contributed by atoms with Crippen molar-refractivity contribution in [1.82, 2.24) is 0 Å². The van der Waals surface area contributed by atoms with Gasteiger partial charge in [0.05, 0.1) is 0 Å². The van der Waals surface area contributed by atoms with Crippen molar-refractivity contribution in [2.45, 2.75) is 137 Å². The predicted octanol–water partition coefficient (Wildman–Crippen LogP) is 9.59. The molecule has 0 amide bonds. The zero-order valence-electron chi connectivity index (χ0n) is 21.6. The van der Waals surface area contributed by atoms with Gasteiger partial charge in [0, 0.05) is 0 Å². The van der Waals surface area contributed by atoms with Crippen LogP contribution in [-0.4, -0.2) is 32.9 Å². The standard InChI is InChI=1S/C25H54P2/c1-15-16-17-21(19-27(24(9,10)11)25(12,13)14)20(2)18-26(22(3,4)5)23(6,7)8/h20-21H,15-19H2,1-14H3. The highest BCUT2D eigenvalue weighted by molar-refractivity contribution is 7.61. The van der Waals surface area contributed by atoms with Gasteiger partial charge < -0.3 is 0 Å². The van der Waals surface area contributed by atoms with Crippen molar-refractivity contribution in [2.24, 2.45) is 11.8 Å². The van der Waals surface area contributed by atoms with Crippen LogP contribution in [0.25, 0.3) is 0 Å². The third-order valence-corrected chi connectivity index (χ3v) is 14.1. The molecular formula is C25H54P2. The molecule has 0 aromatic rings. The predicted molar refractivity (Wildman–Crippen MR) is 135 cm³/mol. The molecule has 0 radical (unpaired) electrons. The maximum absolute atomic E-state index is 2.59. The van der Waals surface area contributed by atoms with Crippen molar-refractivity contribution in [3.63, 3.8) is 0 Å². The summed E-state index contributed by atoms with van der Waals surface area (Å²) in [4.78, 5) is 0. The number of rotatable bonds is 8. The highest BCUT2D eigenvalue weighted by Crippen LogP contribution is 2.63. The summed E-state index contributed by atoms with van der Waals surface area (Å²) in [6.45, 7) is 34.8. The lowest BCUT2D eigenvalue weighted by Gasteiger charge is -2.47. The van der Waals surface area contributed by atoms with Gasteiger partial charge in [-0.05, 0) is 51.2 Å². The van der Waals surface area contributed by atoms with Crippen LogP contribution in [0, 0.1) is 11.8 Å². The van der Waals surface area contributed by atoms with E-state index in [4.69, 9.17) is 0 Å². The molecular weight excluding hydrogens is 362 g/mol. The lowest BCUT2D eigenvalue weighted by atomic mass is 9.92. The van der Waals surface area contributed by atoms with E-state index in [0.717, 1.165) is 11.8 Å². The maximum atomic E-state index is 2.59. The summed E-state index contributed by atoms with van der Waals surface area (Å²) >= 11 is 0. The normalized spacial score (nSPS) is 16.9. The molecule has 0 saturated carbocycles. The second-order valence-corrected chi connectivity index (χ2v) is 20.6. The Bertz CT molecular complexity index is 384. The highest BCUT2D eigenvalue weighted by Gasteiger charge is 2.39. The van der Waals surface area contributed by atoms with E-state index in [1.165, 1.54) is 31.6 Å². The first-order chi connectivity index (χ1) is 11.8. The van der Waals surface area contributed by atoms with Gasteiger partial charge in [-0.15, -0.1) is 0 Å². The van der Waals surface area contributed by atoms with Crippen molar-refractivity contribution >= 4 is 15.8 Å². The first-order valence-electron chi connectivity index (χ1n) is 11.4. The van der Waals surface area contributed by atoms with Crippen LogP contribution in [0.4, 0.5) is 0 Å². The average molecular weight is 417 g/mol. The molecule has 0 fully saturated rings. The van der Waals surface area contributed by atoms with Gasteiger partial charge in [0.2, 0.25) is 0 Å². The first kappa shape index (κ1) is 27.9. The Morgan fingerprint density at radius 3 is 1.22 bits per heavy atom. The molecule has 0 aliphatic rings. The lowest BCUT2D eigenvalue weighted by molar-refractivity contribution is 0.384. The van der Waals surface area contributed by atoms with E-state index in [1.54, 1.807) is 0 Å². The number of hydrogen-bond donors (Lipinski definition) is 0. The molecule has 2 heteroatoms. The lowest BCUT2D eigenvalue weighted by Crippen LogP contribution is -2.33. The summed E-state index contributed by atoms with van der Waals surface area (Å²) in [5, 5.41) is 1.76. The minimum atomic E-state index is -0.00511. The Morgan fingerprint density at radius 1 is 0.593 bits per heavy atom. The molecule has 0 saturated heterocycles. The quantitative estimate of drug-likeness (QED) is 0.345. The highest BCUT2D eigenvalue weighted by atomic mass is 31.1. The Kier molecular flexibility index (Phi) is 10.6. The van der Waals surface area contributed by atoms with Crippen LogP contribution >= 0.6 is 15.8 Å². The van der Waals surface area contributed by atoms with Gasteiger partial charge in [0.25, 0.3) is 0 Å². The summed E-state index contributed by atoms with van der Waals surface area (Å²) in [7, 11) is -0.00870. The van der Waals surface area contributed by atoms with Crippen LogP contribution in [0.3, 0.4) is 0 Å². The molecule has 0 bridgehead atoms. The van der Waals surface area contributed by atoms with Gasteiger partial charge in [0.15, 0.2) is 0 Å². The van der Waals surface area contributed by atoms with Crippen LogP contribution in [0.1, 0.15) is 116 Å². The molecule has 0 aromatic carbocycles. The second kappa shape index (κ2) is 10.3. The van der Waals surface area contributed by atoms with Crippen LogP contribution in [0.2, 0.25) is 0 Å². The van der Waals surface area contributed by atoms with E-state index >= 15 is 0 Å². The van der Waals surface area contributed by atoms with E-state index in [2.05, 4.69) is 96.9 Å². The maximum Gasteiger partial charge on any atom is -0.0175 e. The van der Waals surface area contributed by atoms with Crippen LogP contribution < -0.4 is 0 Å². The van der Waals surface area contributed by atoms with Crippen LogP contribution in [0.5, 0.6) is 0 Å². The zero-order chi connectivity index (χ0) is 21.8. The summed E-state index contributed by atoms with van der Waals surface area (Å²) < 4.78 is 0. The first-order valence-corrected chi connectivity index (χ1v) is 14.4.